The smallest absolute Gasteiger partial charge is 0.126 e. The van der Waals surface area contributed by atoms with Crippen LogP contribution in [0.3, 0.4) is 0 Å². The van der Waals surface area contributed by atoms with Gasteiger partial charge >= 0.3 is 0 Å². The monoisotopic (exact) mass is 327 g/mol. The molecule has 0 bridgehead atoms. The Morgan fingerprint density at radius 1 is 1.32 bits per heavy atom. The highest BCUT2D eigenvalue weighted by molar-refractivity contribution is 9.10. The molecular weight excluding hydrogens is 305 g/mol. The van der Waals surface area contributed by atoms with Gasteiger partial charge in [0.1, 0.15) is 5.82 Å². The first-order valence-electron chi connectivity index (χ1n) is 7.35. The average Bonchev–Trinajstić information content (AvgIpc) is 2.82. The highest BCUT2D eigenvalue weighted by Crippen LogP contribution is 2.34. The summed E-state index contributed by atoms with van der Waals surface area (Å²) in [5, 5.41) is 3.52. The minimum atomic E-state index is -0.0598. The van der Waals surface area contributed by atoms with Gasteiger partial charge in [0.15, 0.2) is 0 Å². The van der Waals surface area contributed by atoms with Crippen LogP contribution in [0.2, 0.25) is 0 Å². The van der Waals surface area contributed by atoms with Gasteiger partial charge in [-0.2, -0.15) is 0 Å². The van der Waals surface area contributed by atoms with Crippen molar-refractivity contribution < 1.29 is 4.39 Å². The minimum absolute atomic E-state index is 0.0598. The van der Waals surface area contributed by atoms with Crippen molar-refractivity contribution in [3.8, 4) is 0 Å². The van der Waals surface area contributed by atoms with Gasteiger partial charge in [0.25, 0.3) is 0 Å². The van der Waals surface area contributed by atoms with E-state index in [1.807, 2.05) is 6.07 Å². The number of hydrogen-bond donors (Lipinski definition) is 1. The maximum atomic E-state index is 13.8. The van der Waals surface area contributed by atoms with Crippen molar-refractivity contribution in [3.05, 3.63) is 34.1 Å². The van der Waals surface area contributed by atoms with Crippen LogP contribution in [0.15, 0.2) is 22.7 Å². The second-order valence-electron chi connectivity index (χ2n) is 5.60. The van der Waals surface area contributed by atoms with Gasteiger partial charge in [-0.25, -0.2) is 4.39 Å². The molecule has 1 fully saturated rings. The quantitative estimate of drug-likeness (QED) is 0.756. The standard InChI is InChI=1S/C16H23BrFN/c1-2-8-19-11-13-5-3-4-12(13)9-14-10-15(17)6-7-16(14)18/h6-7,10,12-13,19H,2-5,8-9,11H2,1H3. The largest absolute Gasteiger partial charge is 0.316 e. The van der Waals surface area contributed by atoms with Crippen LogP contribution in [0.5, 0.6) is 0 Å². The van der Waals surface area contributed by atoms with E-state index in [0.717, 1.165) is 29.5 Å². The summed E-state index contributed by atoms with van der Waals surface area (Å²) in [6.45, 7) is 4.37. The van der Waals surface area contributed by atoms with Crippen molar-refractivity contribution in [1.29, 1.82) is 0 Å². The molecule has 0 heterocycles. The van der Waals surface area contributed by atoms with Gasteiger partial charge in [0.2, 0.25) is 0 Å². The van der Waals surface area contributed by atoms with Gasteiger partial charge in [0.05, 0.1) is 0 Å². The van der Waals surface area contributed by atoms with Crippen LogP contribution < -0.4 is 5.32 Å². The van der Waals surface area contributed by atoms with Crippen LogP contribution in [0.25, 0.3) is 0 Å². The number of halogens is 2. The topological polar surface area (TPSA) is 12.0 Å². The Labute approximate surface area is 124 Å². The van der Waals surface area contributed by atoms with Crippen LogP contribution >= 0.6 is 15.9 Å². The highest BCUT2D eigenvalue weighted by atomic mass is 79.9. The molecule has 0 aliphatic heterocycles. The maximum Gasteiger partial charge on any atom is 0.126 e. The number of rotatable bonds is 6. The van der Waals surface area contributed by atoms with E-state index >= 15 is 0 Å². The maximum absolute atomic E-state index is 13.8. The summed E-state index contributed by atoms with van der Waals surface area (Å²) >= 11 is 3.43. The lowest BCUT2D eigenvalue weighted by molar-refractivity contribution is 0.361. The predicted molar refractivity (Wildman–Crippen MR) is 81.8 cm³/mol. The van der Waals surface area contributed by atoms with E-state index in [-0.39, 0.29) is 5.82 Å². The van der Waals surface area contributed by atoms with Crippen molar-refractivity contribution >= 4 is 15.9 Å². The molecule has 1 aromatic carbocycles. The second-order valence-corrected chi connectivity index (χ2v) is 6.51. The molecule has 1 aromatic rings. The molecule has 0 saturated heterocycles. The number of benzene rings is 1. The third-order valence-corrected chi connectivity index (χ3v) is 4.63. The number of hydrogen-bond acceptors (Lipinski definition) is 1. The van der Waals surface area contributed by atoms with Crippen molar-refractivity contribution in [3.63, 3.8) is 0 Å². The lowest BCUT2D eigenvalue weighted by Gasteiger charge is -2.20. The molecule has 0 radical (unpaired) electrons. The lowest BCUT2D eigenvalue weighted by Crippen LogP contribution is -2.26. The van der Waals surface area contributed by atoms with E-state index < -0.39 is 0 Å². The first-order chi connectivity index (χ1) is 9.20. The lowest BCUT2D eigenvalue weighted by atomic mass is 9.89. The van der Waals surface area contributed by atoms with Crippen LogP contribution in [-0.2, 0) is 6.42 Å². The summed E-state index contributed by atoms with van der Waals surface area (Å²) in [6.07, 6.45) is 5.88. The van der Waals surface area contributed by atoms with Crippen LogP contribution in [0.1, 0.15) is 38.2 Å². The fourth-order valence-electron chi connectivity index (χ4n) is 3.10. The van der Waals surface area contributed by atoms with Crippen molar-refractivity contribution in [2.45, 2.75) is 39.0 Å². The Bertz CT molecular complexity index is 408. The van der Waals surface area contributed by atoms with Gasteiger partial charge in [-0.1, -0.05) is 29.3 Å². The molecule has 106 valence electrons. The van der Waals surface area contributed by atoms with E-state index in [1.54, 1.807) is 12.1 Å². The highest BCUT2D eigenvalue weighted by Gasteiger charge is 2.27. The average molecular weight is 328 g/mol. The molecular formula is C16H23BrFN. The summed E-state index contributed by atoms with van der Waals surface area (Å²) < 4.78 is 14.8. The van der Waals surface area contributed by atoms with Crippen molar-refractivity contribution in [2.75, 3.05) is 13.1 Å². The first-order valence-corrected chi connectivity index (χ1v) is 8.14. The zero-order valence-electron chi connectivity index (χ0n) is 11.6. The molecule has 19 heavy (non-hydrogen) atoms. The molecule has 1 nitrogen and oxygen atoms in total. The van der Waals surface area contributed by atoms with E-state index in [1.165, 1.54) is 25.7 Å². The van der Waals surface area contributed by atoms with Gasteiger partial charge in [-0.05, 0) is 74.4 Å². The summed E-state index contributed by atoms with van der Waals surface area (Å²) in [6, 6.07) is 5.27. The molecule has 1 N–H and O–H groups in total. The molecule has 3 heteroatoms. The summed E-state index contributed by atoms with van der Waals surface area (Å²) in [7, 11) is 0. The normalized spacial score (nSPS) is 22.9. The molecule has 1 saturated carbocycles. The fourth-order valence-corrected chi connectivity index (χ4v) is 3.51. The Balaban J connectivity index is 1.95. The Morgan fingerprint density at radius 2 is 2.11 bits per heavy atom. The van der Waals surface area contributed by atoms with Gasteiger partial charge in [-0.15, -0.1) is 0 Å². The Kier molecular flexibility index (Phi) is 5.83. The minimum Gasteiger partial charge on any atom is -0.316 e. The van der Waals surface area contributed by atoms with Crippen LogP contribution in [0, 0.1) is 17.7 Å². The van der Waals surface area contributed by atoms with E-state index in [4.69, 9.17) is 0 Å². The molecule has 0 amide bonds. The molecule has 2 atom stereocenters. The van der Waals surface area contributed by atoms with Gasteiger partial charge < -0.3 is 5.32 Å². The molecule has 1 aliphatic carbocycles. The SMILES string of the molecule is CCCNCC1CCCC1Cc1cc(Br)ccc1F. The van der Waals surface area contributed by atoms with Crippen LogP contribution in [-0.4, -0.2) is 13.1 Å². The summed E-state index contributed by atoms with van der Waals surface area (Å²) in [5.74, 6) is 1.29. The third kappa shape index (κ3) is 4.28. The molecule has 1 aliphatic rings. The fraction of sp³-hybridized carbons (Fsp3) is 0.625. The van der Waals surface area contributed by atoms with E-state index in [9.17, 15) is 4.39 Å². The Morgan fingerprint density at radius 3 is 2.89 bits per heavy atom. The molecule has 0 aromatic heterocycles. The number of nitrogens with one attached hydrogen (secondary N) is 1. The first kappa shape index (κ1) is 15.0. The zero-order valence-corrected chi connectivity index (χ0v) is 13.2. The molecule has 2 rings (SSSR count). The Hall–Kier alpha value is -0.410. The van der Waals surface area contributed by atoms with E-state index in [0.29, 0.717) is 11.8 Å². The predicted octanol–water partition coefficient (Wildman–Crippen LogP) is 4.55. The third-order valence-electron chi connectivity index (χ3n) is 4.14. The zero-order chi connectivity index (χ0) is 13.7. The van der Waals surface area contributed by atoms with Crippen LogP contribution in [0.4, 0.5) is 4.39 Å². The summed E-state index contributed by atoms with van der Waals surface area (Å²) in [4.78, 5) is 0. The van der Waals surface area contributed by atoms with Crippen molar-refractivity contribution in [1.82, 2.24) is 5.32 Å². The van der Waals surface area contributed by atoms with E-state index in [2.05, 4.69) is 28.2 Å². The van der Waals surface area contributed by atoms with Gasteiger partial charge in [-0.3, -0.25) is 0 Å². The van der Waals surface area contributed by atoms with Crippen molar-refractivity contribution in [2.24, 2.45) is 11.8 Å². The molecule has 2 unspecified atom stereocenters. The van der Waals surface area contributed by atoms with Gasteiger partial charge in [0, 0.05) is 4.47 Å². The molecule has 0 spiro atoms. The second kappa shape index (κ2) is 7.39. The summed E-state index contributed by atoms with van der Waals surface area (Å²) in [5.41, 5.74) is 0.863.